The van der Waals surface area contributed by atoms with Crippen LogP contribution >= 0.6 is 11.6 Å². The van der Waals surface area contributed by atoms with Gasteiger partial charge in [-0.1, -0.05) is 55.3 Å². The Labute approximate surface area is 235 Å². The molecular weight excluding hydrogens is 538 g/mol. The van der Waals surface area contributed by atoms with Crippen LogP contribution in [0.4, 0.5) is 5.69 Å². The van der Waals surface area contributed by atoms with Crippen LogP contribution in [0, 0.1) is 0 Å². The van der Waals surface area contributed by atoms with Crippen molar-refractivity contribution in [3.8, 4) is 5.75 Å². The highest BCUT2D eigenvalue weighted by molar-refractivity contribution is 7.92. The molecular formula is C29H34ClN3O5S. The molecule has 3 rings (SSSR count). The van der Waals surface area contributed by atoms with Crippen LogP contribution in [0.3, 0.4) is 0 Å². The van der Waals surface area contributed by atoms with Gasteiger partial charge in [0, 0.05) is 18.1 Å². The summed E-state index contributed by atoms with van der Waals surface area (Å²) in [4.78, 5) is 28.3. The number of unbranched alkanes of at least 4 members (excludes halogenated alkanes) is 1. The van der Waals surface area contributed by atoms with Gasteiger partial charge in [-0.25, -0.2) is 8.42 Å². The lowest BCUT2D eigenvalue weighted by atomic mass is 10.1. The topological polar surface area (TPSA) is 96.0 Å². The number of methoxy groups -OCH3 is 1. The van der Waals surface area contributed by atoms with Gasteiger partial charge in [-0.3, -0.25) is 13.9 Å². The minimum absolute atomic E-state index is 0.0447. The molecule has 0 aliphatic heterocycles. The van der Waals surface area contributed by atoms with Crippen molar-refractivity contribution >= 4 is 39.1 Å². The molecule has 208 valence electrons. The highest BCUT2D eigenvalue weighted by Gasteiger charge is 2.32. The molecule has 8 nitrogen and oxygen atoms in total. The second kappa shape index (κ2) is 14.0. The van der Waals surface area contributed by atoms with E-state index in [0.29, 0.717) is 23.0 Å². The van der Waals surface area contributed by atoms with E-state index in [1.165, 1.54) is 24.1 Å². The lowest BCUT2D eigenvalue weighted by Gasteiger charge is -2.32. The van der Waals surface area contributed by atoms with Crippen LogP contribution in [-0.4, -0.2) is 51.4 Å². The third-order valence-electron chi connectivity index (χ3n) is 6.23. The Kier molecular flexibility index (Phi) is 10.8. The Morgan fingerprint density at radius 3 is 2.21 bits per heavy atom. The molecule has 0 aromatic heterocycles. The summed E-state index contributed by atoms with van der Waals surface area (Å²) in [6.45, 7) is 3.73. The number of benzene rings is 3. The van der Waals surface area contributed by atoms with Crippen molar-refractivity contribution in [2.24, 2.45) is 0 Å². The van der Waals surface area contributed by atoms with Crippen LogP contribution in [0.1, 0.15) is 32.3 Å². The number of halogens is 1. The van der Waals surface area contributed by atoms with Gasteiger partial charge < -0.3 is 15.0 Å². The molecule has 2 amide bonds. The van der Waals surface area contributed by atoms with Crippen LogP contribution < -0.4 is 14.4 Å². The largest absolute Gasteiger partial charge is 0.497 e. The second-order valence-corrected chi connectivity index (χ2v) is 11.3. The summed E-state index contributed by atoms with van der Waals surface area (Å²) in [5.41, 5.74) is 1.04. The van der Waals surface area contributed by atoms with E-state index in [-0.39, 0.29) is 17.3 Å². The fourth-order valence-electron chi connectivity index (χ4n) is 3.90. The Bertz CT molecular complexity index is 1330. The summed E-state index contributed by atoms with van der Waals surface area (Å²) in [6, 6.07) is 20.4. The zero-order valence-corrected chi connectivity index (χ0v) is 23.9. The molecule has 3 aromatic carbocycles. The van der Waals surface area contributed by atoms with Gasteiger partial charge in [-0.05, 0) is 67.4 Å². The standard InChI is InChI=1S/C29H34ClN3O5S/c1-4-5-19-31-29(35)22(2)32(20-23-11-13-24(30)14-12-23)28(34)21-33(25-15-17-26(38-3)18-16-25)39(36,37)27-9-7-6-8-10-27/h6-18,22H,4-5,19-21H2,1-3H3,(H,31,35). The van der Waals surface area contributed by atoms with Gasteiger partial charge in [0.1, 0.15) is 18.3 Å². The van der Waals surface area contributed by atoms with Gasteiger partial charge in [0.25, 0.3) is 10.0 Å². The van der Waals surface area contributed by atoms with Gasteiger partial charge in [0.05, 0.1) is 17.7 Å². The maximum atomic E-state index is 13.9. The van der Waals surface area contributed by atoms with Gasteiger partial charge in [0.15, 0.2) is 0 Å². The van der Waals surface area contributed by atoms with Crippen molar-refractivity contribution in [2.75, 3.05) is 24.5 Å². The lowest BCUT2D eigenvalue weighted by Crippen LogP contribution is -2.51. The number of nitrogens with zero attached hydrogens (tertiary/aromatic N) is 2. The van der Waals surface area contributed by atoms with Crippen molar-refractivity contribution < 1.29 is 22.7 Å². The number of hydrogen-bond acceptors (Lipinski definition) is 5. The van der Waals surface area contributed by atoms with E-state index in [1.807, 2.05) is 6.92 Å². The molecule has 0 bridgehead atoms. The number of anilines is 1. The highest BCUT2D eigenvalue weighted by atomic mass is 35.5. The fraction of sp³-hybridized carbons (Fsp3) is 0.310. The molecule has 0 spiro atoms. The van der Waals surface area contributed by atoms with Crippen molar-refractivity contribution in [1.82, 2.24) is 10.2 Å². The minimum Gasteiger partial charge on any atom is -0.497 e. The molecule has 0 fully saturated rings. The molecule has 1 atom stereocenters. The van der Waals surface area contributed by atoms with Crippen LogP contribution in [0.25, 0.3) is 0 Å². The van der Waals surface area contributed by atoms with E-state index < -0.39 is 28.5 Å². The highest BCUT2D eigenvalue weighted by Crippen LogP contribution is 2.26. The molecule has 3 aromatic rings. The maximum absolute atomic E-state index is 13.9. The van der Waals surface area contributed by atoms with E-state index in [0.717, 1.165) is 22.7 Å². The predicted molar refractivity (Wildman–Crippen MR) is 153 cm³/mol. The van der Waals surface area contributed by atoms with Crippen molar-refractivity contribution in [3.05, 3.63) is 89.4 Å². The smallest absolute Gasteiger partial charge is 0.264 e. The zero-order valence-electron chi connectivity index (χ0n) is 22.3. The van der Waals surface area contributed by atoms with Crippen LogP contribution in [-0.2, 0) is 26.2 Å². The number of ether oxygens (including phenoxy) is 1. The van der Waals surface area contributed by atoms with Gasteiger partial charge in [-0.15, -0.1) is 0 Å². The first kappa shape index (κ1) is 30.0. The SMILES string of the molecule is CCCCNC(=O)C(C)N(Cc1ccc(Cl)cc1)C(=O)CN(c1ccc(OC)cc1)S(=O)(=O)c1ccccc1. The van der Waals surface area contributed by atoms with Crippen LogP contribution in [0.15, 0.2) is 83.8 Å². The van der Waals surface area contributed by atoms with E-state index in [4.69, 9.17) is 16.3 Å². The van der Waals surface area contributed by atoms with Gasteiger partial charge in [-0.2, -0.15) is 0 Å². The van der Waals surface area contributed by atoms with E-state index in [1.54, 1.807) is 73.7 Å². The molecule has 0 aliphatic rings. The molecule has 1 unspecified atom stereocenters. The monoisotopic (exact) mass is 571 g/mol. The van der Waals surface area contributed by atoms with Gasteiger partial charge >= 0.3 is 0 Å². The molecule has 39 heavy (non-hydrogen) atoms. The molecule has 10 heteroatoms. The summed E-state index contributed by atoms with van der Waals surface area (Å²) >= 11 is 6.03. The van der Waals surface area contributed by atoms with Crippen molar-refractivity contribution in [2.45, 2.75) is 44.2 Å². The molecule has 0 aliphatic carbocycles. The summed E-state index contributed by atoms with van der Waals surface area (Å²) in [7, 11) is -2.60. The summed E-state index contributed by atoms with van der Waals surface area (Å²) in [5.74, 6) is -0.296. The van der Waals surface area contributed by atoms with Crippen molar-refractivity contribution in [1.29, 1.82) is 0 Å². The minimum atomic E-state index is -4.12. The number of carbonyl (C=O) groups excluding carboxylic acids is 2. The van der Waals surface area contributed by atoms with Crippen molar-refractivity contribution in [3.63, 3.8) is 0 Å². The van der Waals surface area contributed by atoms with E-state index >= 15 is 0 Å². The maximum Gasteiger partial charge on any atom is 0.264 e. The van der Waals surface area contributed by atoms with Crippen LogP contribution in [0.5, 0.6) is 5.75 Å². The second-order valence-electron chi connectivity index (χ2n) is 8.99. The first-order valence-electron chi connectivity index (χ1n) is 12.7. The number of amides is 2. The predicted octanol–water partition coefficient (Wildman–Crippen LogP) is 4.88. The number of rotatable bonds is 13. The van der Waals surface area contributed by atoms with Gasteiger partial charge in [0.2, 0.25) is 11.8 Å². The number of carbonyl (C=O) groups is 2. The van der Waals surface area contributed by atoms with Crippen LogP contribution in [0.2, 0.25) is 5.02 Å². The Hall–Kier alpha value is -3.56. The third-order valence-corrected chi connectivity index (χ3v) is 8.27. The average Bonchev–Trinajstić information content (AvgIpc) is 2.95. The molecule has 0 saturated carbocycles. The fourth-order valence-corrected chi connectivity index (χ4v) is 5.46. The molecule has 0 radical (unpaired) electrons. The summed E-state index contributed by atoms with van der Waals surface area (Å²) in [5, 5.41) is 3.41. The zero-order chi connectivity index (χ0) is 28.4. The first-order chi connectivity index (χ1) is 18.7. The number of sulfonamides is 1. The normalized spacial score (nSPS) is 11.9. The number of nitrogens with one attached hydrogen (secondary N) is 1. The Morgan fingerprint density at radius 2 is 1.62 bits per heavy atom. The lowest BCUT2D eigenvalue weighted by molar-refractivity contribution is -0.139. The molecule has 0 heterocycles. The quantitative estimate of drug-likeness (QED) is 0.295. The van der Waals surface area contributed by atoms with E-state index in [9.17, 15) is 18.0 Å². The third kappa shape index (κ3) is 7.97. The first-order valence-corrected chi connectivity index (χ1v) is 14.5. The van der Waals surface area contributed by atoms with E-state index in [2.05, 4.69) is 5.32 Å². The Balaban J connectivity index is 1.98. The average molecular weight is 572 g/mol. The molecule has 0 saturated heterocycles. The number of hydrogen-bond donors (Lipinski definition) is 1. The molecule has 1 N–H and O–H groups in total. The summed E-state index contributed by atoms with van der Waals surface area (Å²) < 4.78 is 33.8. The Morgan fingerprint density at radius 1 is 0.974 bits per heavy atom. The summed E-state index contributed by atoms with van der Waals surface area (Å²) in [6.07, 6.45) is 1.72.